The smallest absolute Gasteiger partial charge is 0.264 e. The van der Waals surface area contributed by atoms with Gasteiger partial charge in [0, 0.05) is 25.5 Å². The normalized spacial score (nSPS) is 11.2. The molecule has 0 saturated heterocycles. The fourth-order valence-electron chi connectivity index (χ4n) is 2.22. The summed E-state index contributed by atoms with van der Waals surface area (Å²) in [6.07, 6.45) is 2.17. The molecule has 0 spiro atoms. The first-order valence-corrected chi connectivity index (χ1v) is 7.62. The van der Waals surface area contributed by atoms with Gasteiger partial charge in [-0.3, -0.25) is 9.48 Å². The Hall–Kier alpha value is -1.36. The van der Waals surface area contributed by atoms with Crippen LogP contribution in [0, 0.1) is 6.92 Å². The van der Waals surface area contributed by atoms with Crippen LogP contribution in [0.3, 0.4) is 0 Å². The minimum atomic E-state index is 0.150. The Morgan fingerprint density at radius 2 is 2.21 bits per heavy atom. The van der Waals surface area contributed by atoms with E-state index >= 15 is 0 Å². The summed E-state index contributed by atoms with van der Waals surface area (Å²) in [7, 11) is 1.93. The predicted octanol–water partition coefficient (Wildman–Crippen LogP) is 3.21. The van der Waals surface area contributed by atoms with Gasteiger partial charge in [-0.2, -0.15) is 5.10 Å². The van der Waals surface area contributed by atoms with Crippen LogP contribution in [0.25, 0.3) is 10.2 Å². The molecule has 2 aromatic heterocycles. The fourth-order valence-corrected chi connectivity index (χ4v) is 3.31. The van der Waals surface area contributed by atoms with E-state index in [1.807, 2.05) is 36.5 Å². The van der Waals surface area contributed by atoms with Gasteiger partial charge >= 0.3 is 0 Å². The maximum absolute atomic E-state index is 12.5. The summed E-state index contributed by atoms with van der Waals surface area (Å²) in [4.78, 5) is 16.3. The van der Waals surface area contributed by atoms with Crippen LogP contribution < -0.4 is 0 Å². The molecule has 0 aliphatic heterocycles. The molecule has 0 saturated carbocycles. The fraction of sp³-hybridized carbons (Fsp3) is 0.571. The number of carbonyl (C=O) groups excluding carboxylic acids is 1. The first-order valence-electron chi connectivity index (χ1n) is 6.80. The molecule has 0 bridgehead atoms. The number of hydrogen-bond acceptors (Lipinski definition) is 3. The molecule has 2 aromatic rings. The zero-order chi connectivity index (χ0) is 14.0. The van der Waals surface area contributed by atoms with Crippen molar-refractivity contribution in [3.63, 3.8) is 0 Å². The van der Waals surface area contributed by atoms with E-state index in [2.05, 4.69) is 12.0 Å². The van der Waals surface area contributed by atoms with Crippen LogP contribution in [0.4, 0.5) is 0 Å². The van der Waals surface area contributed by atoms with Crippen LogP contribution in [0.15, 0.2) is 6.07 Å². The number of carbonyl (C=O) groups is 1. The molecule has 4 nitrogen and oxygen atoms in total. The van der Waals surface area contributed by atoms with E-state index in [0.717, 1.165) is 46.7 Å². The Morgan fingerprint density at radius 3 is 2.79 bits per heavy atom. The number of aromatic nitrogens is 2. The van der Waals surface area contributed by atoms with E-state index in [1.54, 1.807) is 0 Å². The van der Waals surface area contributed by atoms with E-state index in [9.17, 15) is 4.79 Å². The van der Waals surface area contributed by atoms with Crippen LogP contribution in [0.1, 0.15) is 42.1 Å². The van der Waals surface area contributed by atoms with Gasteiger partial charge in [0.2, 0.25) is 0 Å². The maximum atomic E-state index is 12.5. The standard InChI is InChI=1S/C14H21N3OS/c1-5-7-8-17(6-2)13(18)12-9-11-10(3)15-16(4)14(11)19-12/h9H,5-8H2,1-4H3. The number of nitrogens with zero attached hydrogens (tertiary/aromatic N) is 3. The predicted molar refractivity (Wildman–Crippen MR) is 79.8 cm³/mol. The summed E-state index contributed by atoms with van der Waals surface area (Å²) in [5.41, 5.74) is 0.990. The summed E-state index contributed by atoms with van der Waals surface area (Å²) in [6, 6.07) is 1.99. The number of hydrogen-bond donors (Lipinski definition) is 0. The van der Waals surface area contributed by atoms with E-state index in [4.69, 9.17) is 0 Å². The molecule has 5 heteroatoms. The van der Waals surface area contributed by atoms with Gasteiger partial charge in [-0.1, -0.05) is 13.3 Å². The summed E-state index contributed by atoms with van der Waals surface area (Å²) in [6.45, 7) is 7.78. The van der Waals surface area contributed by atoms with Crippen molar-refractivity contribution in [1.82, 2.24) is 14.7 Å². The van der Waals surface area contributed by atoms with Crippen molar-refractivity contribution in [2.75, 3.05) is 13.1 Å². The van der Waals surface area contributed by atoms with Crippen molar-refractivity contribution in [2.24, 2.45) is 7.05 Å². The van der Waals surface area contributed by atoms with Gasteiger partial charge in [0.05, 0.1) is 10.6 Å². The molecule has 0 radical (unpaired) electrons. The lowest BCUT2D eigenvalue weighted by Crippen LogP contribution is -2.31. The largest absolute Gasteiger partial charge is 0.338 e. The number of amides is 1. The summed E-state index contributed by atoms with van der Waals surface area (Å²) in [5.74, 6) is 0.150. The Morgan fingerprint density at radius 1 is 1.47 bits per heavy atom. The first kappa shape index (κ1) is 14.1. The van der Waals surface area contributed by atoms with Gasteiger partial charge in [0.25, 0.3) is 5.91 Å². The number of thiophene rings is 1. The molecule has 0 aliphatic carbocycles. The highest BCUT2D eigenvalue weighted by Crippen LogP contribution is 2.28. The summed E-state index contributed by atoms with van der Waals surface area (Å²) < 4.78 is 1.86. The van der Waals surface area contributed by atoms with E-state index < -0.39 is 0 Å². The highest BCUT2D eigenvalue weighted by atomic mass is 32.1. The second-order valence-electron chi connectivity index (χ2n) is 4.78. The lowest BCUT2D eigenvalue weighted by atomic mass is 10.2. The van der Waals surface area contributed by atoms with Gasteiger partial charge in [-0.25, -0.2) is 0 Å². The number of rotatable bonds is 5. The third-order valence-corrected chi connectivity index (χ3v) is 4.55. The molecule has 104 valence electrons. The lowest BCUT2D eigenvalue weighted by molar-refractivity contribution is 0.0767. The zero-order valence-electron chi connectivity index (χ0n) is 12.1. The van der Waals surface area contributed by atoms with Crippen LogP contribution in [-0.4, -0.2) is 33.7 Å². The molecule has 2 heterocycles. The van der Waals surface area contributed by atoms with Crippen molar-refractivity contribution in [2.45, 2.75) is 33.6 Å². The molecule has 0 N–H and O–H groups in total. The molecule has 0 aliphatic rings. The highest BCUT2D eigenvalue weighted by molar-refractivity contribution is 7.20. The highest BCUT2D eigenvalue weighted by Gasteiger charge is 2.19. The SMILES string of the molecule is CCCCN(CC)C(=O)c1cc2c(C)nn(C)c2s1. The average molecular weight is 279 g/mol. The minimum absolute atomic E-state index is 0.150. The van der Waals surface area contributed by atoms with Crippen molar-refractivity contribution >= 4 is 27.5 Å². The van der Waals surface area contributed by atoms with Crippen molar-refractivity contribution in [3.05, 3.63) is 16.6 Å². The van der Waals surface area contributed by atoms with Crippen LogP contribution in [-0.2, 0) is 7.05 Å². The van der Waals surface area contributed by atoms with Gasteiger partial charge < -0.3 is 4.90 Å². The minimum Gasteiger partial charge on any atom is -0.338 e. The van der Waals surface area contributed by atoms with E-state index in [0.29, 0.717) is 0 Å². The summed E-state index contributed by atoms with van der Waals surface area (Å²) in [5, 5.41) is 5.47. The van der Waals surface area contributed by atoms with Crippen LogP contribution in [0.5, 0.6) is 0 Å². The molecule has 0 aromatic carbocycles. The third-order valence-electron chi connectivity index (χ3n) is 3.36. The quantitative estimate of drug-likeness (QED) is 0.843. The van der Waals surface area contributed by atoms with Crippen molar-refractivity contribution in [3.8, 4) is 0 Å². The van der Waals surface area contributed by atoms with Gasteiger partial charge in [0.15, 0.2) is 0 Å². The van der Waals surface area contributed by atoms with Crippen molar-refractivity contribution in [1.29, 1.82) is 0 Å². The van der Waals surface area contributed by atoms with Crippen LogP contribution in [0.2, 0.25) is 0 Å². The monoisotopic (exact) mass is 279 g/mol. The van der Waals surface area contributed by atoms with Gasteiger partial charge in [-0.15, -0.1) is 11.3 Å². The molecule has 1 amide bonds. The van der Waals surface area contributed by atoms with E-state index in [1.165, 1.54) is 11.3 Å². The van der Waals surface area contributed by atoms with Crippen molar-refractivity contribution < 1.29 is 4.79 Å². The topological polar surface area (TPSA) is 38.1 Å². The molecule has 0 unspecified atom stereocenters. The molecule has 2 rings (SSSR count). The molecule has 0 atom stereocenters. The summed E-state index contributed by atoms with van der Waals surface area (Å²) >= 11 is 1.54. The molecular formula is C14H21N3OS. The molecule has 0 fully saturated rings. The van der Waals surface area contributed by atoms with Gasteiger partial charge in [-0.05, 0) is 26.3 Å². The average Bonchev–Trinajstić information content (AvgIpc) is 2.93. The van der Waals surface area contributed by atoms with Crippen LogP contribution >= 0.6 is 11.3 Å². The van der Waals surface area contributed by atoms with Gasteiger partial charge in [0.1, 0.15) is 4.83 Å². The lowest BCUT2D eigenvalue weighted by Gasteiger charge is -2.19. The third kappa shape index (κ3) is 2.66. The molecule has 19 heavy (non-hydrogen) atoms. The molecular weight excluding hydrogens is 258 g/mol. The Labute approximate surface area is 118 Å². The maximum Gasteiger partial charge on any atom is 0.264 e. The Balaban J connectivity index is 2.27. The second-order valence-corrected chi connectivity index (χ2v) is 5.81. The number of fused-ring (bicyclic) bond motifs is 1. The Kier molecular flexibility index (Phi) is 4.24. The Bertz CT molecular complexity index is 550. The number of unbranched alkanes of at least 4 members (excludes halogenated alkanes) is 1. The first-order chi connectivity index (χ1) is 9.08. The van der Waals surface area contributed by atoms with E-state index in [-0.39, 0.29) is 5.91 Å². The second kappa shape index (κ2) is 5.74. The zero-order valence-corrected chi connectivity index (χ0v) is 12.9. The number of aryl methyl sites for hydroxylation is 2.